The molecule has 0 unspecified atom stereocenters. The Kier molecular flexibility index (Phi) is 8.26. The fourth-order valence-electron chi connectivity index (χ4n) is 10.2. The molecule has 4 aliphatic rings. The number of carbonyl (C=O) groups excluding carboxylic acids is 4. The van der Waals surface area contributed by atoms with Crippen LogP contribution in [0.25, 0.3) is 0 Å². The Morgan fingerprint density at radius 1 is 0.440 bits per heavy atom. The molecular weight excluding hydrogens is 632 g/mol. The molecule has 0 heterocycles. The average Bonchev–Trinajstić information content (AvgIpc) is 3.16. The summed E-state index contributed by atoms with van der Waals surface area (Å²) in [5, 5.41) is 9.54. The van der Waals surface area contributed by atoms with E-state index < -0.39 is 6.61 Å². The minimum atomic E-state index is -0.551. The number of methoxy groups -OCH3 is 3. The molecule has 8 rings (SSSR count). The van der Waals surface area contributed by atoms with E-state index in [-0.39, 0.29) is 45.4 Å². The number of esters is 3. The molecular formula is C42H40O8. The fraction of sp³-hybridized carbons (Fsp3) is 0.333. The van der Waals surface area contributed by atoms with Gasteiger partial charge in [-0.2, -0.15) is 0 Å². The zero-order valence-corrected chi connectivity index (χ0v) is 28.5. The second-order valence-electron chi connectivity index (χ2n) is 14.5. The van der Waals surface area contributed by atoms with E-state index in [0.29, 0.717) is 22.3 Å². The lowest BCUT2D eigenvalue weighted by atomic mass is 9.32. The van der Waals surface area contributed by atoms with Crippen molar-refractivity contribution in [3.63, 3.8) is 0 Å². The summed E-state index contributed by atoms with van der Waals surface area (Å²) in [6.45, 7) is -0.551. The van der Waals surface area contributed by atoms with Crippen molar-refractivity contribution < 1.29 is 38.5 Å². The van der Waals surface area contributed by atoms with Gasteiger partial charge in [0.1, 0.15) is 6.61 Å². The van der Waals surface area contributed by atoms with Crippen molar-refractivity contribution in [3.8, 4) is 0 Å². The average molecular weight is 673 g/mol. The van der Waals surface area contributed by atoms with Gasteiger partial charge in [-0.05, 0) is 119 Å². The fourth-order valence-corrected chi connectivity index (χ4v) is 10.2. The summed E-state index contributed by atoms with van der Waals surface area (Å²) in [6, 6.07) is 31.2. The number of carbonyl (C=O) groups is 4. The Bertz CT molecular complexity index is 1630. The van der Waals surface area contributed by atoms with Gasteiger partial charge in [-0.25, -0.2) is 14.4 Å². The molecule has 4 aromatic rings. The van der Waals surface area contributed by atoms with Crippen LogP contribution in [0.4, 0.5) is 0 Å². The molecule has 4 saturated carbocycles. The Labute approximate surface area is 291 Å². The second-order valence-corrected chi connectivity index (χ2v) is 14.5. The largest absolute Gasteiger partial charge is 0.465 e. The lowest BCUT2D eigenvalue weighted by Crippen LogP contribution is -2.67. The van der Waals surface area contributed by atoms with Crippen LogP contribution in [0.2, 0.25) is 0 Å². The first-order valence-electron chi connectivity index (χ1n) is 16.9. The standard InChI is InChI=1S/C42H40O8/c1-48-36(45)28-6-14-32(15-7-28)40-21-39(31-12-4-27(5-13-31)35(44)20-43)22-41(24-40,33-16-8-29(9-17-33)37(46)49-2)26-42(23-39,25-40)34-18-10-30(11-19-34)38(47)50-3/h4-19,43H,20-26H2,1-3H3. The topological polar surface area (TPSA) is 116 Å². The number of Topliss-reactive ketones (excluding diaryl/α,β-unsaturated/α-hetero) is 1. The normalized spacial score (nSPS) is 26.2. The van der Waals surface area contributed by atoms with Gasteiger partial charge in [-0.1, -0.05) is 60.7 Å². The Hall–Kier alpha value is -5.08. The lowest BCUT2D eigenvalue weighted by Gasteiger charge is -2.71. The molecule has 0 aliphatic heterocycles. The molecule has 8 nitrogen and oxygen atoms in total. The van der Waals surface area contributed by atoms with Crippen LogP contribution in [0.3, 0.4) is 0 Å². The number of aliphatic hydroxyl groups is 1. The molecule has 0 spiro atoms. The van der Waals surface area contributed by atoms with Crippen molar-refractivity contribution in [1.82, 2.24) is 0 Å². The van der Waals surface area contributed by atoms with Crippen LogP contribution in [-0.4, -0.2) is 56.7 Å². The molecule has 256 valence electrons. The maximum absolute atomic E-state index is 12.4. The van der Waals surface area contributed by atoms with Crippen LogP contribution < -0.4 is 0 Å². The molecule has 0 radical (unpaired) electrons. The number of benzene rings is 4. The van der Waals surface area contributed by atoms with Gasteiger partial charge in [0.05, 0.1) is 38.0 Å². The van der Waals surface area contributed by atoms with Gasteiger partial charge in [0.15, 0.2) is 5.78 Å². The molecule has 4 aromatic carbocycles. The third kappa shape index (κ3) is 5.33. The minimum absolute atomic E-state index is 0.314. The Balaban J connectivity index is 1.45. The minimum Gasteiger partial charge on any atom is -0.465 e. The van der Waals surface area contributed by atoms with Crippen molar-refractivity contribution in [1.29, 1.82) is 0 Å². The number of hydrogen-bond acceptors (Lipinski definition) is 8. The molecule has 1 N–H and O–H groups in total. The van der Waals surface area contributed by atoms with Gasteiger partial charge in [0, 0.05) is 5.56 Å². The van der Waals surface area contributed by atoms with Crippen molar-refractivity contribution in [3.05, 3.63) is 142 Å². The molecule has 4 bridgehead atoms. The highest BCUT2D eigenvalue weighted by Gasteiger charge is 2.69. The van der Waals surface area contributed by atoms with E-state index in [1.165, 1.54) is 21.3 Å². The first-order chi connectivity index (χ1) is 24.0. The van der Waals surface area contributed by atoms with E-state index in [1.807, 2.05) is 60.7 Å². The van der Waals surface area contributed by atoms with E-state index in [4.69, 9.17) is 14.2 Å². The van der Waals surface area contributed by atoms with Crippen LogP contribution in [0.15, 0.2) is 97.1 Å². The summed E-state index contributed by atoms with van der Waals surface area (Å²) in [4.78, 5) is 49.8. The van der Waals surface area contributed by atoms with Crippen molar-refractivity contribution in [2.24, 2.45) is 0 Å². The molecule has 0 atom stereocenters. The van der Waals surface area contributed by atoms with Gasteiger partial charge in [-0.3, -0.25) is 4.79 Å². The zero-order chi connectivity index (χ0) is 35.3. The first kappa shape index (κ1) is 33.4. The summed E-state index contributed by atoms with van der Waals surface area (Å²) >= 11 is 0. The van der Waals surface area contributed by atoms with E-state index in [2.05, 4.69) is 36.4 Å². The van der Waals surface area contributed by atoms with Gasteiger partial charge >= 0.3 is 17.9 Å². The second kappa shape index (κ2) is 12.4. The highest BCUT2D eigenvalue weighted by molar-refractivity contribution is 5.97. The smallest absolute Gasteiger partial charge is 0.337 e. The quantitative estimate of drug-likeness (QED) is 0.119. The highest BCUT2D eigenvalue weighted by Crippen LogP contribution is 2.74. The predicted octanol–water partition coefficient (Wildman–Crippen LogP) is 6.65. The molecule has 0 amide bonds. The first-order valence-corrected chi connectivity index (χ1v) is 16.9. The zero-order valence-electron chi connectivity index (χ0n) is 28.5. The Morgan fingerprint density at radius 2 is 0.660 bits per heavy atom. The van der Waals surface area contributed by atoms with Gasteiger partial charge in [-0.15, -0.1) is 0 Å². The predicted molar refractivity (Wildman–Crippen MR) is 186 cm³/mol. The summed E-state index contributed by atoms with van der Waals surface area (Å²) in [5.41, 5.74) is 5.23. The number of rotatable bonds is 9. The molecule has 0 saturated heterocycles. The number of ketones is 1. The molecule has 50 heavy (non-hydrogen) atoms. The van der Waals surface area contributed by atoms with Gasteiger partial charge in [0.2, 0.25) is 0 Å². The monoisotopic (exact) mass is 672 g/mol. The molecule has 8 heteroatoms. The number of ether oxygens (including phenoxy) is 3. The van der Waals surface area contributed by atoms with Crippen molar-refractivity contribution >= 4 is 23.7 Å². The third-order valence-corrected chi connectivity index (χ3v) is 11.8. The molecule has 4 fully saturated rings. The van der Waals surface area contributed by atoms with Crippen LogP contribution >= 0.6 is 0 Å². The summed E-state index contributed by atoms with van der Waals surface area (Å²) in [6.07, 6.45) is 5.15. The van der Waals surface area contributed by atoms with Crippen LogP contribution in [0.1, 0.15) is 102 Å². The summed E-state index contributed by atoms with van der Waals surface area (Å²) < 4.78 is 15.0. The SMILES string of the molecule is COC(=O)c1ccc(C23CC4(c5ccc(C(=O)CO)cc5)CC(c5ccc(C(=O)OC)cc5)(C2)CC(c2ccc(C(=O)OC)cc2)(C4)C3)cc1. The highest BCUT2D eigenvalue weighted by atomic mass is 16.5. The van der Waals surface area contributed by atoms with Gasteiger partial charge < -0.3 is 19.3 Å². The third-order valence-electron chi connectivity index (χ3n) is 11.8. The van der Waals surface area contributed by atoms with Crippen molar-refractivity contribution in [2.75, 3.05) is 27.9 Å². The maximum atomic E-state index is 12.4. The van der Waals surface area contributed by atoms with E-state index in [1.54, 1.807) is 0 Å². The maximum Gasteiger partial charge on any atom is 0.337 e. The number of hydrogen-bond donors (Lipinski definition) is 1. The van der Waals surface area contributed by atoms with Crippen LogP contribution in [0.5, 0.6) is 0 Å². The van der Waals surface area contributed by atoms with Crippen molar-refractivity contribution in [2.45, 2.75) is 60.2 Å². The molecule has 0 aromatic heterocycles. The lowest BCUT2D eigenvalue weighted by molar-refractivity contribution is -0.0692. The van der Waals surface area contributed by atoms with E-state index in [0.717, 1.165) is 60.8 Å². The summed E-state index contributed by atoms with van der Waals surface area (Å²) in [5.74, 6) is -1.49. The number of aliphatic hydroxyl groups excluding tert-OH is 1. The van der Waals surface area contributed by atoms with Crippen LogP contribution in [-0.2, 0) is 35.9 Å². The van der Waals surface area contributed by atoms with E-state index in [9.17, 15) is 24.3 Å². The van der Waals surface area contributed by atoms with Gasteiger partial charge in [0.25, 0.3) is 0 Å². The summed E-state index contributed by atoms with van der Waals surface area (Å²) in [7, 11) is 4.13. The van der Waals surface area contributed by atoms with E-state index >= 15 is 0 Å². The Morgan fingerprint density at radius 3 is 0.860 bits per heavy atom. The molecule has 4 aliphatic carbocycles. The van der Waals surface area contributed by atoms with Crippen LogP contribution in [0, 0.1) is 0 Å².